The third-order valence-electron chi connectivity index (χ3n) is 3.90. The highest BCUT2D eigenvalue weighted by molar-refractivity contribution is 9.10. The maximum absolute atomic E-state index is 13.4. The van der Waals surface area contributed by atoms with Crippen molar-refractivity contribution in [1.29, 1.82) is 0 Å². The van der Waals surface area contributed by atoms with Gasteiger partial charge in [-0.05, 0) is 52.3 Å². The average molecular weight is 398 g/mol. The molecule has 2 aromatic rings. The van der Waals surface area contributed by atoms with Crippen LogP contribution in [0.25, 0.3) is 0 Å². The Kier molecular flexibility index (Phi) is 4.87. The van der Waals surface area contributed by atoms with E-state index in [1.807, 2.05) is 24.3 Å². The smallest absolute Gasteiger partial charge is 0.255 e. The van der Waals surface area contributed by atoms with E-state index in [-0.39, 0.29) is 5.91 Å². The second-order valence-corrected chi connectivity index (χ2v) is 6.67. The number of carbonyl (C=O) groups is 1. The van der Waals surface area contributed by atoms with E-state index in [9.17, 15) is 9.18 Å². The van der Waals surface area contributed by atoms with E-state index in [4.69, 9.17) is 11.6 Å². The van der Waals surface area contributed by atoms with Gasteiger partial charge >= 0.3 is 0 Å². The predicted octanol–water partition coefficient (Wildman–Crippen LogP) is 4.20. The molecule has 0 saturated carbocycles. The molecule has 23 heavy (non-hydrogen) atoms. The minimum Gasteiger partial charge on any atom is -0.368 e. The molecule has 0 atom stereocenters. The van der Waals surface area contributed by atoms with Gasteiger partial charge in [0.15, 0.2) is 0 Å². The SMILES string of the molecule is O=C(c1cc(F)ccc1Br)N1CCN(c2cccc(Cl)c2)CC1. The maximum atomic E-state index is 13.4. The van der Waals surface area contributed by atoms with Crippen LogP contribution in [-0.2, 0) is 0 Å². The second-order valence-electron chi connectivity index (χ2n) is 5.38. The number of benzene rings is 2. The number of piperazine rings is 1. The third-order valence-corrected chi connectivity index (χ3v) is 4.83. The van der Waals surface area contributed by atoms with Crippen LogP contribution in [0.2, 0.25) is 5.02 Å². The first-order chi connectivity index (χ1) is 11.0. The summed E-state index contributed by atoms with van der Waals surface area (Å²) in [6, 6.07) is 11.8. The summed E-state index contributed by atoms with van der Waals surface area (Å²) in [5.41, 5.74) is 1.41. The van der Waals surface area contributed by atoms with E-state index < -0.39 is 5.82 Å². The molecule has 1 fully saturated rings. The van der Waals surface area contributed by atoms with Crippen molar-refractivity contribution in [3.63, 3.8) is 0 Å². The Labute approximate surface area is 147 Å². The lowest BCUT2D eigenvalue weighted by Gasteiger charge is -2.36. The van der Waals surface area contributed by atoms with Crippen LogP contribution in [0.4, 0.5) is 10.1 Å². The van der Waals surface area contributed by atoms with E-state index in [1.165, 1.54) is 12.1 Å². The van der Waals surface area contributed by atoms with Gasteiger partial charge in [-0.25, -0.2) is 4.39 Å². The molecular formula is C17H15BrClFN2O. The standard InChI is InChI=1S/C17H15BrClFN2O/c18-16-5-4-13(20)11-15(16)17(23)22-8-6-21(7-9-22)14-3-1-2-12(19)10-14/h1-5,10-11H,6-9H2. The van der Waals surface area contributed by atoms with E-state index in [0.29, 0.717) is 28.1 Å². The molecule has 0 bridgehead atoms. The Hall–Kier alpha value is -1.59. The van der Waals surface area contributed by atoms with Crippen LogP contribution in [0.15, 0.2) is 46.9 Å². The number of hydrogen-bond acceptors (Lipinski definition) is 2. The van der Waals surface area contributed by atoms with E-state index in [0.717, 1.165) is 18.8 Å². The zero-order chi connectivity index (χ0) is 16.4. The summed E-state index contributed by atoms with van der Waals surface area (Å²) in [7, 11) is 0. The molecule has 1 aliphatic heterocycles. The largest absolute Gasteiger partial charge is 0.368 e. The fraction of sp³-hybridized carbons (Fsp3) is 0.235. The molecule has 3 nitrogen and oxygen atoms in total. The van der Waals surface area contributed by atoms with E-state index in [1.54, 1.807) is 11.0 Å². The van der Waals surface area contributed by atoms with Gasteiger partial charge in [0.2, 0.25) is 0 Å². The normalized spacial score (nSPS) is 14.9. The van der Waals surface area contributed by atoms with E-state index in [2.05, 4.69) is 20.8 Å². The molecule has 0 aromatic heterocycles. The van der Waals surface area contributed by atoms with Gasteiger partial charge in [0.05, 0.1) is 5.56 Å². The summed E-state index contributed by atoms with van der Waals surface area (Å²) < 4.78 is 14.0. The van der Waals surface area contributed by atoms with E-state index >= 15 is 0 Å². The van der Waals surface area contributed by atoms with Crippen LogP contribution < -0.4 is 4.90 Å². The Balaban J connectivity index is 1.69. The van der Waals surface area contributed by atoms with Gasteiger partial charge in [-0.1, -0.05) is 17.7 Å². The summed E-state index contributed by atoms with van der Waals surface area (Å²) in [6.45, 7) is 2.63. The Morgan fingerprint density at radius 1 is 1.09 bits per heavy atom. The molecule has 1 aliphatic rings. The number of anilines is 1. The monoisotopic (exact) mass is 396 g/mol. The van der Waals surface area contributed by atoms with Crippen molar-refractivity contribution in [2.24, 2.45) is 0 Å². The summed E-state index contributed by atoms with van der Waals surface area (Å²) in [6.07, 6.45) is 0. The lowest BCUT2D eigenvalue weighted by Crippen LogP contribution is -2.48. The van der Waals surface area contributed by atoms with Gasteiger partial charge in [0, 0.05) is 41.4 Å². The zero-order valence-electron chi connectivity index (χ0n) is 12.3. The highest BCUT2D eigenvalue weighted by atomic mass is 79.9. The number of carbonyl (C=O) groups excluding carboxylic acids is 1. The fourth-order valence-electron chi connectivity index (χ4n) is 2.67. The van der Waals surface area contributed by atoms with Crippen molar-refractivity contribution in [3.05, 3.63) is 63.3 Å². The zero-order valence-corrected chi connectivity index (χ0v) is 14.6. The molecule has 2 aromatic carbocycles. The average Bonchev–Trinajstić information content (AvgIpc) is 2.56. The fourth-order valence-corrected chi connectivity index (χ4v) is 3.27. The first-order valence-corrected chi connectivity index (χ1v) is 8.46. The number of hydrogen-bond donors (Lipinski definition) is 0. The molecule has 1 amide bonds. The van der Waals surface area contributed by atoms with Crippen LogP contribution in [0.1, 0.15) is 10.4 Å². The van der Waals surface area contributed by atoms with Crippen molar-refractivity contribution < 1.29 is 9.18 Å². The van der Waals surface area contributed by atoms with Crippen LogP contribution in [0.3, 0.4) is 0 Å². The van der Waals surface area contributed by atoms with Gasteiger partial charge in [-0.2, -0.15) is 0 Å². The Morgan fingerprint density at radius 2 is 1.83 bits per heavy atom. The highest BCUT2D eigenvalue weighted by Gasteiger charge is 2.24. The van der Waals surface area contributed by atoms with Crippen molar-refractivity contribution in [1.82, 2.24) is 4.90 Å². The summed E-state index contributed by atoms with van der Waals surface area (Å²) in [4.78, 5) is 16.5. The number of amides is 1. The minimum atomic E-state index is -0.408. The first kappa shape index (κ1) is 16.3. The summed E-state index contributed by atoms with van der Waals surface area (Å²) >= 11 is 9.34. The molecule has 0 N–H and O–H groups in total. The molecule has 120 valence electrons. The van der Waals surface area contributed by atoms with Crippen LogP contribution >= 0.6 is 27.5 Å². The quantitative estimate of drug-likeness (QED) is 0.758. The van der Waals surface area contributed by atoms with Crippen LogP contribution in [0, 0.1) is 5.82 Å². The molecular weight excluding hydrogens is 383 g/mol. The molecule has 6 heteroatoms. The van der Waals surface area contributed by atoms with Crippen molar-refractivity contribution >= 4 is 39.1 Å². The number of nitrogens with zero attached hydrogens (tertiary/aromatic N) is 2. The topological polar surface area (TPSA) is 23.6 Å². The molecule has 1 saturated heterocycles. The molecule has 0 aliphatic carbocycles. The summed E-state index contributed by atoms with van der Waals surface area (Å²) in [5.74, 6) is -0.559. The lowest BCUT2D eigenvalue weighted by molar-refractivity contribution is 0.0745. The number of halogens is 3. The Morgan fingerprint density at radius 3 is 2.52 bits per heavy atom. The van der Waals surface area contributed by atoms with Crippen LogP contribution in [0.5, 0.6) is 0 Å². The first-order valence-electron chi connectivity index (χ1n) is 7.29. The Bertz CT molecular complexity index is 732. The highest BCUT2D eigenvalue weighted by Crippen LogP contribution is 2.23. The molecule has 0 unspecified atom stereocenters. The van der Waals surface area contributed by atoms with Gasteiger partial charge in [-0.3, -0.25) is 4.79 Å². The minimum absolute atomic E-state index is 0.151. The summed E-state index contributed by atoms with van der Waals surface area (Å²) in [5, 5.41) is 0.699. The van der Waals surface area contributed by atoms with Gasteiger partial charge in [0.25, 0.3) is 5.91 Å². The van der Waals surface area contributed by atoms with Crippen LogP contribution in [-0.4, -0.2) is 37.0 Å². The van der Waals surface area contributed by atoms with Crippen molar-refractivity contribution in [3.8, 4) is 0 Å². The van der Waals surface area contributed by atoms with Crippen molar-refractivity contribution in [2.75, 3.05) is 31.1 Å². The molecule has 0 radical (unpaired) electrons. The molecule has 0 spiro atoms. The molecule has 1 heterocycles. The van der Waals surface area contributed by atoms with Gasteiger partial charge < -0.3 is 9.80 Å². The molecule has 3 rings (SSSR count). The second kappa shape index (κ2) is 6.89. The van der Waals surface area contributed by atoms with Gasteiger partial charge in [-0.15, -0.1) is 0 Å². The van der Waals surface area contributed by atoms with Gasteiger partial charge in [0.1, 0.15) is 5.82 Å². The lowest BCUT2D eigenvalue weighted by atomic mass is 10.1. The third kappa shape index (κ3) is 3.67. The predicted molar refractivity (Wildman–Crippen MR) is 93.7 cm³/mol. The van der Waals surface area contributed by atoms with Crippen molar-refractivity contribution in [2.45, 2.75) is 0 Å². The maximum Gasteiger partial charge on any atom is 0.255 e. The number of rotatable bonds is 2.